The van der Waals surface area contributed by atoms with Gasteiger partial charge in [0.25, 0.3) is 0 Å². The predicted octanol–water partition coefficient (Wildman–Crippen LogP) is 1.42. The zero-order valence-electron chi connectivity index (χ0n) is 11.7. The lowest BCUT2D eigenvalue weighted by Gasteiger charge is -2.15. The summed E-state index contributed by atoms with van der Waals surface area (Å²) in [7, 11) is -3.47. The summed E-state index contributed by atoms with van der Waals surface area (Å²) in [5.41, 5.74) is 6.05. The van der Waals surface area contributed by atoms with E-state index in [2.05, 4.69) is 16.6 Å². The Morgan fingerprint density at radius 2 is 2.00 bits per heavy atom. The van der Waals surface area contributed by atoms with Crippen LogP contribution in [0, 0.1) is 11.8 Å². The zero-order chi connectivity index (χ0) is 15.0. The summed E-state index contributed by atoms with van der Waals surface area (Å²) in [4.78, 5) is 0.260. The van der Waals surface area contributed by atoms with Gasteiger partial charge >= 0.3 is 0 Å². The first kappa shape index (κ1) is 17.1. The van der Waals surface area contributed by atoms with Crippen molar-refractivity contribution in [2.24, 2.45) is 5.73 Å². The van der Waals surface area contributed by atoms with E-state index >= 15 is 0 Å². The van der Waals surface area contributed by atoms with Crippen LogP contribution in [-0.4, -0.2) is 33.0 Å². The Labute approximate surface area is 125 Å². The van der Waals surface area contributed by atoms with Crippen LogP contribution in [0.2, 0.25) is 0 Å². The first-order chi connectivity index (χ1) is 9.53. The van der Waals surface area contributed by atoms with Crippen LogP contribution >= 0.6 is 11.8 Å². The summed E-state index contributed by atoms with van der Waals surface area (Å²) >= 11 is 1.62. The second-order valence-corrected chi connectivity index (χ2v) is 6.84. The summed E-state index contributed by atoms with van der Waals surface area (Å²) in [6.07, 6.45) is 2.72. The van der Waals surface area contributed by atoms with E-state index in [0.717, 1.165) is 17.7 Å². The molecule has 0 aliphatic carbocycles. The van der Waals surface area contributed by atoms with Crippen molar-refractivity contribution in [2.75, 3.05) is 18.6 Å². The Bertz CT molecular complexity index is 571. The van der Waals surface area contributed by atoms with Crippen molar-refractivity contribution in [3.05, 3.63) is 29.8 Å². The molecular formula is C14H20N2O2S2. The molecule has 0 heterocycles. The highest BCUT2D eigenvalue weighted by atomic mass is 32.2. The molecule has 0 amide bonds. The molecule has 1 aromatic carbocycles. The van der Waals surface area contributed by atoms with E-state index in [0.29, 0.717) is 0 Å². The van der Waals surface area contributed by atoms with Crippen molar-refractivity contribution in [2.45, 2.75) is 24.3 Å². The molecule has 0 saturated heterocycles. The molecule has 0 bridgehead atoms. The highest BCUT2D eigenvalue weighted by Gasteiger charge is 2.18. The molecule has 0 radical (unpaired) electrons. The van der Waals surface area contributed by atoms with Gasteiger partial charge in [-0.25, -0.2) is 13.1 Å². The maximum absolute atomic E-state index is 12.2. The molecular weight excluding hydrogens is 292 g/mol. The van der Waals surface area contributed by atoms with E-state index in [-0.39, 0.29) is 17.5 Å². The molecule has 0 saturated carbocycles. The van der Waals surface area contributed by atoms with E-state index in [9.17, 15) is 8.42 Å². The average molecular weight is 312 g/mol. The van der Waals surface area contributed by atoms with Crippen LogP contribution in [0.1, 0.15) is 18.9 Å². The zero-order valence-corrected chi connectivity index (χ0v) is 13.4. The highest BCUT2D eigenvalue weighted by Crippen LogP contribution is 2.12. The Hall–Kier alpha value is -1.00. The Morgan fingerprint density at radius 3 is 2.50 bits per heavy atom. The normalized spacial score (nSPS) is 12.6. The molecule has 20 heavy (non-hydrogen) atoms. The molecule has 1 aromatic rings. The van der Waals surface area contributed by atoms with Crippen LogP contribution in [0.25, 0.3) is 0 Å². The maximum Gasteiger partial charge on any atom is 0.240 e. The van der Waals surface area contributed by atoms with Gasteiger partial charge in [-0.2, -0.15) is 11.8 Å². The lowest BCUT2D eigenvalue weighted by molar-refractivity contribution is 0.558. The minimum Gasteiger partial charge on any atom is -0.320 e. The molecule has 0 aliphatic rings. The lowest BCUT2D eigenvalue weighted by atomic mass is 10.2. The summed E-state index contributed by atoms with van der Waals surface area (Å²) < 4.78 is 27.2. The minimum atomic E-state index is -3.47. The first-order valence-electron chi connectivity index (χ1n) is 6.33. The fraction of sp³-hybridized carbons (Fsp3) is 0.429. The van der Waals surface area contributed by atoms with Gasteiger partial charge in [0, 0.05) is 17.4 Å². The summed E-state index contributed by atoms with van der Waals surface area (Å²) in [6, 6.07) is 6.45. The van der Waals surface area contributed by atoms with Crippen molar-refractivity contribution in [1.82, 2.24) is 4.72 Å². The van der Waals surface area contributed by atoms with Gasteiger partial charge in [-0.05, 0) is 36.9 Å². The summed E-state index contributed by atoms with van der Waals surface area (Å²) in [6.45, 7) is 2.25. The van der Waals surface area contributed by atoms with Crippen molar-refractivity contribution < 1.29 is 8.42 Å². The predicted molar refractivity (Wildman–Crippen MR) is 85.2 cm³/mol. The van der Waals surface area contributed by atoms with Gasteiger partial charge in [-0.1, -0.05) is 18.8 Å². The van der Waals surface area contributed by atoms with Crippen LogP contribution in [-0.2, 0) is 10.0 Å². The molecule has 0 spiro atoms. The van der Waals surface area contributed by atoms with E-state index in [1.807, 2.05) is 13.2 Å². The van der Waals surface area contributed by atoms with Crippen molar-refractivity contribution >= 4 is 21.8 Å². The van der Waals surface area contributed by atoms with E-state index in [4.69, 9.17) is 5.73 Å². The number of hydrogen-bond donors (Lipinski definition) is 2. The van der Waals surface area contributed by atoms with Crippen LogP contribution < -0.4 is 10.5 Å². The largest absolute Gasteiger partial charge is 0.320 e. The van der Waals surface area contributed by atoms with E-state index in [1.54, 1.807) is 36.0 Å². The third kappa shape index (κ3) is 5.17. The minimum absolute atomic E-state index is 0.0493. The van der Waals surface area contributed by atoms with Crippen molar-refractivity contribution in [3.8, 4) is 11.8 Å². The average Bonchev–Trinajstić information content (AvgIpc) is 2.45. The highest BCUT2D eigenvalue weighted by molar-refractivity contribution is 7.98. The molecule has 110 valence electrons. The van der Waals surface area contributed by atoms with Crippen LogP contribution in [0.4, 0.5) is 0 Å². The number of nitrogens with one attached hydrogen (secondary N) is 1. The molecule has 1 atom stereocenters. The Kier molecular flexibility index (Phi) is 7.10. The molecule has 0 fully saturated rings. The monoisotopic (exact) mass is 312 g/mol. The first-order valence-corrected chi connectivity index (χ1v) is 9.21. The van der Waals surface area contributed by atoms with Gasteiger partial charge in [-0.15, -0.1) is 0 Å². The van der Waals surface area contributed by atoms with Gasteiger partial charge in [-0.3, -0.25) is 0 Å². The van der Waals surface area contributed by atoms with E-state index in [1.165, 1.54) is 0 Å². The second kappa shape index (κ2) is 8.32. The topological polar surface area (TPSA) is 72.2 Å². The molecule has 4 nitrogen and oxygen atoms in total. The second-order valence-electron chi connectivity index (χ2n) is 4.21. The number of thioether (sulfide) groups is 1. The fourth-order valence-electron chi connectivity index (χ4n) is 1.59. The number of hydrogen-bond acceptors (Lipinski definition) is 4. The smallest absolute Gasteiger partial charge is 0.240 e. The molecule has 1 rings (SSSR count). The van der Waals surface area contributed by atoms with Crippen LogP contribution in [0.5, 0.6) is 0 Å². The quantitative estimate of drug-likeness (QED) is 0.779. The number of rotatable bonds is 6. The number of nitrogens with two attached hydrogens (primary N) is 1. The molecule has 6 heteroatoms. The Morgan fingerprint density at radius 1 is 1.35 bits per heavy atom. The van der Waals surface area contributed by atoms with Gasteiger partial charge in [0.2, 0.25) is 10.0 Å². The molecule has 3 N–H and O–H groups in total. The van der Waals surface area contributed by atoms with Gasteiger partial charge < -0.3 is 5.73 Å². The third-order valence-electron chi connectivity index (χ3n) is 2.68. The number of sulfonamides is 1. The lowest BCUT2D eigenvalue weighted by Crippen LogP contribution is -2.36. The summed E-state index contributed by atoms with van der Waals surface area (Å²) in [5, 5.41) is 0. The van der Waals surface area contributed by atoms with Gasteiger partial charge in [0.1, 0.15) is 0 Å². The molecule has 0 aliphatic heterocycles. The van der Waals surface area contributed by atoms with Crippen LogP contribution in [0.3, 0.4) is 0 Å². The molecule has 0 aromatic heterocycles. The fourth-order valence-corrected chi connectivity index (χ4v) is 3.74. The van der Waals surface area contributed by atoms with Gasteiger partial charge in [0.05, 0.1) is 11.4 Å². The third-order valence-corrected chi connectivity index (χ3v) is 4.95. The summed E-state index contributed by atoms with van der Waals surface area (Å²) in [5.74, 6) is 6.35. The van der Waals surface area contributed by atoms with Gasteiger partial charge in [0.15, 0.2) is 0 Å². The number of benzene rings is 1. The standard InChI is InChI=1S/C14H20N2O2S2/c1-3-13(11-19-2)16-20(17,18)14-8-6-12(7-9-14)5-4-10-15/h6-9,13,16H,3,10-11,15H2,1-2H3. The SMILES string of the molecule is CCC(CSC)NS(=O)(=O)c1ccc(C#CCN)cc1. The van der Waals surface area contributed by atoms with Crippen LogP contribution in [0.15, 0.2) is 29.2 Å². The Balaban J connectivity index is 2.87. The van der Waals surface area contributed by atoms with Crippen molar-refractivity contribution in [1.29, 1.82) is 0 Å². The molecule has 1 unspecified atom stereocenters. The van der Waals surface area contributed by atoms with Crippen molar-refractivity contribution in [3.63, 3.8) is 0 Å². The van der Waals surface area contributed by atoms with E-state index < -0.39 is 10.0 Å². The maximum atomic E-state index is 12.2.